The summed E-state index contributed by atoms with van der Waals surface area (Å²) >= 11 is 0. The molecular weight excluding hydrogens is 217 g/mol. The number of hydrogen-bond acceptors (Lipinski definition) is 1. The zero-order valence-corrected chi connectivity index (χ0v) is 10.9. The zero-order chi connectivity index (χ0) is 13.1. The number of carbonyl (C=O) groups is 1. The van der Waals surface area contributed by atoms with Crippen LogP contribution < -0.4 is 5.32 Å². The van der Waals surface area contributed by atoms with Crippen LogP contribution in [-0.4, -0.2) is 13.0 Å². The minimum Gasteiger partial charge on any atom is -0.359 e. The van der Waals surface area contributed by atoms with Gasteiger partial charge in [-0.25, -0.2) is 4.39 Å². The molecule has 1 N–H and O–H groups in total. The Morgan fingerprint density at radius 1 is 1.29 bits per heavy atom. The van der Waals surface area contributed by atoms with E-state index in [4.69, 9.17) is 0 Å². The number of hydrogen-bond donors (Lipinski definition) is 1. The lowest BCUT2D eigenvalue weighted by molar-refractivity contribution is -0.122. The molecule has 0 heterocycles. The first kappa shape index (κ1) is 13.7. The molecule has 1 aromatic rings. The second-order valence-electron chi connectivity index (χ2n) is 5.48. The van der Waals surface area contributed by atoms with E-state index in [1.54, 1.807) is 19.2 Å². The Morgan fingerprint density at radius 2 is 1.82 bits per heavy atom. The average molecular weight is 237 g/mol. The molecule has 0 aliphatic carbocycles. The Balaban J connectivity index is 2.98. The molecule has 1 rings (SSSR count). The Kier molecular flexibility index (Phi) is 4.27. The van der Waals surface area contributed by atoms with Crippen molar-refractivity contribution < 1.29 is 9.18 Å². The van der Waals surface area contributed by atoms with Gasteiger partial charge in [-0.2, -0.15) is 0 Å². The molecule has 94 valence electrons. The Morgan fingerprint density at radius 3 is 2.24 bits per heavy atom. The largest absolute Gasteiger partial charge is 0.359 e. The van der Waals surface area contributed by atoms with Crippen LogP contribution in [0, 0.1) is 11.2 Å². The van der Waals surface area contributed by atoms with Gasteiger partial charge >= 0.3 is 0 Å². The summed E-state index contributed by atoms with van der Waals surface area (Å²) in [6, 6.07) is 6.16. The van der Waals surface area contributed by atoms with Crippen LogP contribution in [0.5, 0.6) is 0 Å². The van der Waals surface area contributed by atoms with E-state index in [1.165, 1.54) is 12.1 Å². The van der Waals surface area contributed by atoms with E-state index in [2.05, 4.69) is 26.1 Å². The van der Waals surface area contributed by atoms with Gasteiger partial charge in [-0.3, -0.25) is 4.79 Å². The van der Waals surface area contributed by atoms with Crippen molar-refractivity contribution in [1.82, 2.24) is 5.32 Å². The van der Waals surface area contributed by atoms with E-state index in [0.717, 1.165) is 12.0 Å². The van der Waals surface area contributed by atoms with E-state index < -0.39 is 0 Å². The highest BCUT2D eigenvalue weighted by molar-refractivity contribution is 5.83. The van der Waals surface area contributed by atoms with Crippen molar-refractivity contribution in [3.63, 3.8) is 0 Å². The van der Waals surface area contributed by atoms with Gasteiger partial charge in [-0.15, -0.1) is 0 Å². The Labute approximate surface area is 102 Å². The molecule has 17 heavy (non-hydrogen) atoms. The quantitative estimate of drug-likeness (QED) is 0.860. The van der Waals surface area contributed by atoms with Crippen molar-refractivity contribution in [2.24, 2.45) is 5.41 Å². The zero-order valence-electron chi connectivity index (χ0n) is 10.9. The summed E-state index contributed by atoms with van der Waals surface area (Å²) in [5.41, 5.74) is 0.909. The number of rotatable bonds is 3. The molecule has 0 spiro atoms. The molecule has 0 radical (unpaired) electrons. The molecule has 0 bridgehead atoms. The summed E-state index contributed by atoms with van der Waals surface area (Å²) < 4.78 is 12.9. The van der Waals surface area contributed by atoms with Crippen molar-refractivity contribution in [1.29, 1.82) is 0 Å². The highest BCUT2D eigenvalue weighted by Gasteiger charge is 2.25. The maximum Gasteiger partial charge on any atom is 0.227 e. The molecule has 3 heteroatoms. The van der Waals surface area contributed by atoms with Crippen LogP contribution in [0.15, 0.2) is 24.3 Å². The van der Waals surface area contributed by atoms with Crippen LogP contribution in [0.1, 0.15) is 38.7 Å². The van der Waals surface area contributed by atoms with Gasteiger partial charge in [0.05, 0.1) is 5.92 Å². The van der Waals surface area contributed by atoms with Gasteiger partial charge in [0.25, 0.3) is 0 Å². The second-order valence-corrected chi connectivity index (χ2v) is 5.48. The first-order chi connectivity index (χ1) is 7.83. The first-order valence-corrected chi connectivity index (χ1v) is 5.80. The summed E-state index contributed by atoms with van der Waals surface area (Å²) in [5, 5.41) is 2.67. The Hall–Kier alpha value is -1.38. The number of nitrogens with one attached hydrogen (secondary N) is 1. The fourth-order valence-electron chi connectivity index (χ4n) is 1.84. The van der Waals surface area contributed by atoms with Crippen molar-refractivity contribution >= 4 is 5.91 Å². The average Bonchev–Trinajstić information content (AvgIpc) is 2.25. The lowest BCUT2D eigenvalue weighted by Gasteiger charge is -2.25. The highest BCUT2D eigenvalue weighted by atomic mass is 19.1. The molecule has 0 fully saturated rings. The molecule has 0 saturated heterocycles. The smallest absolute Gasteiger partial charge is 0.227 e. The molecular formula is C14H20FNO. The summed E-state index contributed by atoms with van der Waals surface area (Å²) in [6.07, 6.45) is 0.734. The topological polar surface area (TPSA) is 29.1 Å². The van der Waals surface area contributed by atoms with Gasteiger partial charge in [-0.05, 0) is 29.5 Å². The van der Waals surface area contributed by atoms with E-state index in [9.17, 15) is 9.18 Å². The predicted octanol–water partition coefficient (Wildman–Crippen LogP) is 3.09. The minimum absolute atomic E-state index is 0.0217. The third-order valence-corrected chi connectivity index (χ3v) is 2.65. The summed E-state index contributed by atoms with van der Waals surface area (Å²) in [5.74, 6) is -0.521. The van der Waals surface area contributed by atoms with Crippen molar-refractivity contribution in [2.45, 2.75) is 33.1 Å². The Bertz CT molecular complexity index is 378. The maximum absolute atomic E-state index is 12.9. The number of benzene rings is 1. The summed E-state index contributed by atoms with van der Waals surface area (Å²) in [7, 11) is 1.63. The molecule has 2 nitrogen and oxygen atoms in total. The molecule has 1 atom stereocenters. The van der Waals surface area contributed by atoms with E-state index in [1.807, 2.05) is 0 Å². The van der Waals surface area contributed by atoms with Crippen LogP contribution in [0.2, 0.25) is 0 Å². The maximum atomic E-state index is 12.9. The summed E-state index contributed by atoms with van der Waals surface area (Å²) in [4.78, 5) is 11.9. The molecule has 0 aliphatic rings. The van der Waals surface area contributed by atoms with Crippen LogP contribution >= 0.6 is 0 Å². The molecule has 1 amide bonds. The van der Waals surface area contributed by atoms with E-state index in [-0.39, 0.29) is 23.1 Å². The van der Waals surface area contributed by atoms with Gasteiger partial charge in [0, 0.05) is 7.05 Å². The minimum atomic E-state index is -0.278. The molecule has 0 aliphatic heterocycles. The van der Waals surface area contributed by atoms with Gasteiger partial charge in [-0.1, -0.05) is 32.9 Å². The van der Waals surface area contributed by atoms with Gasteiger partial charge < -0.3 is 5.32 Å². The van der Waals surface area contributed by atoms with Crippen LogP contribution in [-0.2, 0) is 4.79 Å². The van der Waals surface area contributed by atoms with Crippen molar-refractivity contribution in [2.75, 3.05) is 7.05 Å². The lowest BCUT2D eigenvalue weighted by atomic mass is 9.81. The first-order valence-electron chi connectivity index (χ1n) is 5.80. The normalized spacial score (nSPS) is 13.2. The standard InChI is InChI=1S/C14H20FNO/c1-14(2,3)9-12(13(17)16-4)10-5-7-11(15)8-6-10/h5-8,12H,9H2,1-4H3,(H,16,17). The van der Waals surface area contributed by atoms with Gasteiger partial charge in [0.1, 0.15) is 5.82 Å². The SMILES string of the molecule is CNC(=O)C(CC(C)(C)C)c1ccc(F)cc1. The molecule has 1 unspecified atom stereocenters. The van der Waals surface area contributed by atoms with Crippen LogP contribution in [0.3, 0.4) is 0 Å². The third kappa shape index (κ3) is 4.17. The second kappa shape index (κ2) is 5.30. The third-order valence-electron chi connectivity index (χ3n) is 2.65. The van der Waals surface area contributed by atoms with Crippen molar-refractivity contribution in [3.8, 4) is 0 Å². The number of carbonyl (C=O) groups excluding carboxylic acids is 1. The van der Waals surface area contributed by atoms with Crippen molar-refractivity contribution in [3.05, 3.63) is 35.6 Å². The number of likely N-dealkylation sites (N-methyl/N-ethyl adjacent to an activating group) is 1. The summed E-state index contributed by atoms with van der Waals surface area (Å²) in [6.45, 7) is 6.27. The van der Waals surface area contributed by atoms with Crippen LogP contribution in [0.25, 0.3) is 0 Å². The highest BCUT2D eigenvalue weighted by Crippen LogP contribution is 2.31. The predicted molar refractivity (Wildman–Crippen MR) is 67.3 cm³/mol. The van der Waals surface area contributed by atoms with Gasteiger partial charge in [0.2, 0.25) is 5.91 Å². The monoisotopic (exact) mass is 237 g/mol. The molecule has 0 aromatic heterocycles. The number of halogens is 1. The molecule has 1 aromatic carbocycles. The fourth-order valence-corrected chi connectivity index (χ4v) is 1.84. The number of amides is 1. The van der Waals surface area contributed by atoms with Crippen LogP contribution in [0.4, 0.5) is 4.39 Å². The van der Waals surface area contributed by atoms with E-state index >= 15 is 0 Å². The van der Waals surface area contributed by atoms with Gasteiger partial charge in [0.15, 0.2) is 0 Å². The van der Waals surface area contributed by atoms with E-state index in [0.29, 0.717) is 0 Å². The lowest BCUT2D eigenvalue weighted by Crippen LogP contribution is -2.28. The molecule has 0 saturated carbocycles. The fraction of sp³-hybridized carbons (Fsp3) is 0.500.